The lowest BCUT2D eigenvalue weighted by molar-refractivity contribution is 0.281. The first-order valence-electron chi connectivity index (χ1n) is 7.89. The van der Waals surface area contributed by atoms with Gasteiger partial charge in [-0.3, -0.25) is 4.99 Å². The van der Waals surface area contributed by atoms with Gasteiger partial charge in [0.2, 0.25) is 0 Å². The number of thioether (sulfide) groups is 1. The van der Waals surface area contributed by atoms with Gasteiger partial charge in [0, 0.05) is 18.8 Å². The Labute approximate surface area is 144 Å². The van der Waals surface area contributed by atoms with Crippen LogP contribution in [0, 0.1) is 0 Å². The van der Waals surface area contributed by atoms with E-state index >= 15 is 0 Å². The molecule has 0 fully saturated rings. The molecule has 0 spiro atoms. The molecule has 130 valence electrons. The van der Waals surface area contributed by atoms with Crippen molar-refractivity contribution in [3.63, 3.8) is 0 Å². The average Bonchev–Trinajstić information content (AvgIpc) is 2.58. The molecular formula is C17H29N3O2S. The number of aliphatic imine (C=N–C) groups is 1. The molecule has 1 atom stereocenters. The number of rotatable bonds is 9. The maximum atomic E-state index is 5.77. The van der Waals surface area contributed by atoms with Crippen LogP contribution < -0.4 is 14.8 Å². The van der Waals surface area contributed by atoms with Crippen molar-refractivity contribution in [2.24, 2.45) is 4.99 Å². The summed E-state index contributed by atoms with van der Waals surface area (Å²) in [7, 11) is 3.69. The highest BCUT2D eigenvalue weighted by molar-refractivity contribution is 7.99. The molecule has 0 saturated carbocycles. The Kier molecular flexibility index (Phi) is 9.36. The zero-order valence-corrected chi connectivity index (χ0v) is 15.7. The van der Waals surface area contributed by atoms with Crippen LogP contribution in [0.2, 0.25) is 0 Å². The van der Waals surface area contributed by atoms with Crippen LogP contribution in [0.3, 0.4) is 0 Å². The first-order chi connectivity index (χ1) is 11.1. The molecule has 5 nitrogen and oxygen atoms in total. The normalized spacial score (nSPS) is 12.7. The second-order valence-corrected chi connectivity index (χ2v) is 6.46. The van der Waals surface area contributed by atoms with E-state index in [1.54, 1.807) is 7.11 Å². The van der Waals surface area contributed by atoms with E-state index in [9.17, 15) is 0 Å². The minimum atomic E-state index is 0.521. The largest absolute Gasteiger partial charge is 0.497 e. The second-order valence-electron chi connectivity index (χ2n) is 5.19. The Morgan fingerprint density at radius 1 is 1.30 bits per heavy atom. The second kappa shape index (κ2) is 11.0. The molecule has 0 heterocycles. The van der Waals surface area contributed by atoms with Gasteiger partial charge in [0.15, 0.2) is 5.96 Å². The quantitative estimate of drug-likeness (QED) is 0.554. The molecule has 0 aromatic heterocycles. The number of hydrogen-bond acceptors (Lipinski definition) is 4. The molecule has 0 amide bonds. The van der Waals surface area contributed by atoms with Gasteiger partial charge >= 0.3 is 0 Å². The molecule has 0 aliphatic rings. The Hall–Kier alpha value is -1.56. The van der Waals surface area contributed by atoms with E-state index in [1.165, 1.54) is 0 Å². The fraction of sp³-hybridized carbons (Fsp3) is 0.588. The lowest BCUT2D eigenvalue weighted by Gasteiger charge is -2.22. The Morgan fingerprint density at radius 2 is 1.96 bits per heavy atom. The van der Waals surface area contributed by atoms with Crippen molar-refractivity contribution in [3.8, 4) is 11.5 Å². The molecule has 1 rings (SSSR count). The van der Waals surface area contributed by atoms with Crippen LogP contribution >= 0.6 is 11.8 Å². The number of nitrogens with one attached hydrogen (secondary N) is 1. The summed E-state index contributed by atoms with van der Waals surface area (Å²) < 4.78 is 10.9. The topological polar surface area (TPSA) is 46.1 Å². The van der Waals surface area contributed by atoms with Crippen molar-refractivity contribution in [2.75, 3.05) is 46.7 Å². The molecule has 1 aromatic carbocycles. The van der Waals surface area contributed by atoms with Crippen LogP contribution in [0.1, 0.15) is 13.8 Å². The number of benzene rings is 1. The summed E-state index contributed by atoms with van der Waals surface area (Å²) in [4.78, 5) is 6.77. The Morgan fingerprint density at radius 3 is 2.52 bits per heavy atom. The molecule has 0 aliphatic carbocycles. The minimum Gasteiger partial charge on any atom is -0.497 e. The Bertz CT molecular complexity index is 465. The molecule has 23 heavy (non-hydrogen) atoms. The number of hydrogen-bond donors (Lipinski definition) is 1. The summed E-state index contributed by atoms with van der Waals surface area (Å²) in [6.07, 6.45) is 2.11. The molecule has 1 N–H and O–H groups in total. The number of ether oxygens (including phenoxy) is 2. The van der Waals surface area contributed by atoms with Crippen LogP contribution in [0.4, 0.5) is 0 Å². The first-order valence-corrected chi connectivity index (χ1v) is 9.18. The summed E-state index contributed by atoms with van der Waals surface area (Å²) in [6, 6.07) is 7.62. The molecule has 6 heteroatoms. The van der Waals surface area contributed by atoms with Crippen LogP contribution in [0.25, 0.3) is 0 Å². The lowest BCUT2D eigenvalue weighted by Crippen LogP contribution is -2.41. The third-order valence-corrected chi connectivity index (χ3v) is 4.31. The van der Waals surface area contributed by atoms with Gasteiger partial charge in [0.1, 0.15) is 18.1 Å². The number of nitrogens with zero attached hydrogens (tertiary/aromatic N) is 2. The maximum Gasteiger partial charge on any atom is 0.193 e. The summed E-state index contributed by atoms with van der Waals surface area (Å²) >= 11 is 1.83. The molecule has 0 saturated heterocycles. The molecule has 0 bridgehead atoms. The predicted octanol–water partition coefficient (Wildman–Crippen LogP) is 2.72. The van der Waals surface area contributed by atoms with E-state index in [0.717, 1.165) is 37.1 Å². The van der Waals surface area contributed by atoms with Gasteiger partial charge in [-0.15, -0.1) is 0 Å². The highest BCUT2D eigenvalue weighted by atomic mass is 32.2. The molecule has 0 aliphatic heterocycles. The zero-order chi connectivity index (χ0) is 17.1. The molecule has 1 unspecified atom stereocenters. The SMILES string of the molecule is CCNC(=NCC(C)SC)N(C)CCOc1ccc(OC)cc1. The van der Waals surface area contributed by atoms with Crippen LogP contribution in [0.5, 0.6) is 11.5 Å². The van der Waals surface area contributed by atoms with Crippen molar-refractivity contribution >= 4 is 17.7 Å². The molecular weight excluding hydrogens is 310 g/mol. The number of guanidine groups is 1. The van der Waals surface area contributed by atoms with E-state index in [4.69, 9.17) is 9.47 Å². The van der Waals surface area contributed by atoms with Gasteiger partial charge in [-0.25, -0.2) is 0 Å². The van der Waals surface area contributed by atoms with Crippen molar-refractivity contribution in [2.45, 2.75) is 19.1 Å². The summed E-state index contributed by atoms with van der Waals surface area (Å²) in [6.45, 7) is 7.31. The highest BCUT2D eigenvalue weighted by Crippen LogP contribution is 2.16. The van der Waals surface area contributed by atoms with Crippen LogP contribution in [0.15, 0.2) is 29.3 Å². The average molecular weight is 340 g/mol. The number of methoxy groups -OCH3 is 1. The lowest BCUT2D eigenvalue weighted by atomic mass is 10.3. The van der Waals surface area contributed by atoms with Gasteiger partial charge in [-0.05, 0) is 37.4 Å². The van der Waals surface area contributed by atoms with Gasteiger partial charge in [0.25, 0.3) is 0 Å². The van der Waals surface area contributed by atoms with Crippen molar-refractivity contribution in [3.05, 3.63) is 24.3 Å². The van der Waals surface area contributed by atoms with Crippen LogP contribution in [-0.2, 0) is 0 Å². The van der Waals surface area contributed by atoms with E-state index in [0.29, 0.717) is 11.9 Å². The van der Waals surface area contributed by atoms with Crippen LogP contribution in [-0.4, -0.2) is 62.8 Å². The molecule has 0 radical (unpaired) electrons. The number of likely N-dealkylation sites (N-methyl/N-ethyl adjacent to an activating group) is 1. The Balaban J connectivity index is 2.45. The fourth-order valence-electron chi connectivity index (χ4n) is 1.84. The maximum absolute atomic E-state index is 5.77. The van der Waals surface area contributed by atoms with Crippen molar-refractivity contribution < 1.29 is 9.47 Å². The predicted molar refractivity (Wildman–Crippen MR) is 100 cm³/mol. The highest BCUT2D eigenvalue weighted by Gasteiger charge is 2.07. The summed E-state index contributed by atoms with van der Waals surface area (Å²) in [5, 5.41) is 3.84. The summed E-state index contributed by atoms with van der Waals surface area (Å²) in [5.41, 5.74) is 0. The summed E-state index contributed by atoms with van der Waals surface area (Å²) in [5.74, 6) is 2.60. The minimum absolute atomic E-state index is 0.521. The van der Waals surface area contributed by atoms with E-state index in [2.05, 4.69) is 35.3 Å². The van der Waals surface area contributed by atoms with E-state index in [1.807, 2.05) is 43.1 Å². The third-order valence-electron chi connectivity index (χ3n) is 3.35. The van der Waals surface area contributed by atoms with Gasteiger partial charge in [0.05, 0.1) is 20.2 Å². The monoisotopic (exact) mass is 339 g/mol. The standard InChI is InChI=1S/C17H29N3O2S/c1-6-18-17(19-13-14(2)23-5)20(3)11-12-22-16-9-7-15(21-4)8-10-16/h7-10,14H,6,11-13H2,1-5H3,(H,18,19). The van der Waals surface area contributed by atoms with E-state index in [-0.39, 0.29) is 0 Å². The van der Waals surface area contributed by atoms with Crippen molar-refractivity contribution in [1.29, 1.82) is 0 Å². The van der Waals surface area contributed by atoms with Gasteiger partial charge in [-0.1, -0.05) is 6.92 Å². The zero-order valence-electron chi connectivity index (χ0n) is 14.8. The smallest absolute Gasteiger partial charge is 0.193 e. The third kappa shape index (κ3) is 7.50. The van der Waals surface area contributed by atoms with Crippen molar-refractivity contribution in [1.82, 2.24) is 10.2 Å². The van der Waals surface area contributed by atoms with E-state index < -0.39 is 0 Å². The first kappa shape index (κ1) is 19.5. The van der Waals surface area contributed by atoms with Gasteiger partial charge in [-0.2, -0.15) is 11.8 Å². The fourth-order valence-corrected chi connectivity index (χ4v) is 2.06. The van der Waals surface area contributed by atoms with Gasteiger partial charge < -0.3 is 19.7 Å². The molecule has 1 aromatic rings.